The molecule has 28 heavy (non-hydrogen) atoms. The van der Waals surface area contributed by atoms with Gasteiger partial charge in [-0.2, -0.15) is 0 Å². The van der Waals surface area contributed by atoms with Gasteiger partial charge in [0.05, 0.1) is 14.2 Å². The highest BCUT2D eigenvalue weighted by atomic mass is 16.5. The van der Waals surface area contributed by atoms with Gasteiger partial charge in [-0.05, 0) is 73.4 Å². The summed E-state index contributed by atoms with van der Waals surface area (Å²) in [6.07, 6.45) is 7.59. The lowest BCUT2D eigenvalue weighted by molar-refractivity contribution is 0.0263. The van der Waals surface area contributed by atoms with Crippen molar-refractivity contribution in [3.63, 3.8) is 0 Å². The van der Waals surface area contributed by atoms with Crippen LogP contribution in [0.25, 0.3) is 0 Å². The first kappa shape index (κ1) is 20.1. The molecule has 0 saturated heterocycles. The molecular weight excluding hydrogens is 352 g/mol. The molecule has 4 heteroatoms. The zero-order valence-electron chi connectivity index (χ0n) is 16.8. The molecule has 0 N–H and O–H groups in total. The van der Waals surface area contributed by atoms with E-state index in [9.17, 15) is 0 Å². The lowest BCUT2D eigenvalue weighted by atomic mass is 9.83. The van der Waals surface area contributed by atoms with Gasteiger partial charge < -0.3 is 18.9 Å². The quantitative estimate of drug-likeness (QED) is 0.524. The number of ether oxygens (including phenoxy) is 4. The molecule has 0 radical (unpaired) electrons. The van der Waals surface area contributed by atoms with E-state index in [2.05, 4.69) is 6.58 Å². The predicted octanol–water partition coefficient (Wildman–Crippen LogP) is 5.67. The summed E-state index contributed by atoms with van der Waals surface area (Å²) in [7, 11) is 3.32. The Balaban J connectivity index is 1.78. The highest BCUT2D eigenvalue weighted by Crippen LogP contribution is 2.33. The Kier molecular flexibility index (Phi) is 7.24. The van der Waals surface area contributed by atoms with Crippen molar-refractivity contribution in [2.45, 2.75) is 44.3 Å². The molecule has 0 aliphatic heterocycles. The summed E-state index contributed by atoms with van der Waals surface area (Å²) in [5, 5.41) is 0. The van der Waals surface area contributed by atoms with Crippen LogP contribution < -0.4 is 18.9 Å². The summed E-state index contributed by atoms with van der Waals surface area (Å²) in [6, 6.07) is 15.4. The Morgan fingerprint density at radius 3 is 1.68 bits per heavy atom. The van der Waals surface area contributed by atoms with Crippen molar-refractivity contribution in [2.24, 2.45) is 5.92 Å². The Morgan fingerprint density at radius 2 is 1.21 bits per heavy atom. The van der Waals surface area contributed by atoms with Crippen LogP contribution in [0.3, 0.4) is 0 Å². The maximum Gasteiger partial charge on any atom is 0.154 e. The Labute approximate surface area is 168 Å². The van der Waals surface area contributed by atoms with Crippen molar-refractivity contribution >= 4 is 0 Å². The first-order valence-electron chi connectivity index (χ1n) is 9.97. The lowest BCUT2D eigenvalue weighted by Crippen LogP contribution is -2.41. The highest BCUT2D eigenvalue weighted by Gasteiger charge is 2.32. The molecule has 0 heterocycles. The second-order valence-corrected chi connectivity index (χ2v) is 7.15. The molecule has 0 unspecified atom stereocenters. The number of rotatable bonds is 9. The molecule has 0 aromatic heterocycles. The second kappa shape index (κ2) is 10.1. The first-order valence-corrected chi connectivity index (χ1v) is 9.97. The second-order valence-electron chi connectivity index (χ2n) is 7.15. The fourth-order valence-corrected chi connectivity index (χ4v) is 3.77. The molecule has 2 aromatic rings. The van der Waals surface area contributed by atoms with Crippen LogP contribution in [0.1, 0.15) is 32.1 Å². The van der Waals surface area contributed by atoms with Crippen molar-refractivity contribution in [1.29, 1.82) is 0 Å². The predicted molar refractivity (Wildman–Crippen MR) is 112 cm³/mol. The van der Waals surface area contributed by atoms with Crippen molar-refractivity contribution in [3.8, 4) is 23.0 Å². The van der Waals surface area contributed by atoms with Gasteiger partial charge in [0.25, 0.3) is 0 Å². The third-order valence-electron chi connectivity index (χ3n) is 5.33. The zero-order chi connectivity index (χ0) is 19.8. The minimum Gasteiger partial charge on any atom is -0.497 e. The summed E-state index contributed by atoms with van der Waals surface area (Å²) in [4.78, 5) is 0. The topological polar surface area (TPSA) is 36.9 Å². The number of hydrogen-bond donors (Lipinski definition) is 0. The van der Waals surface area contributed by atoms with Crippen LogP contribution in [0.4, 0.5) is 0 Å². The summed E-state index contributed by atoms with van der Waals surface area (Å²) in [5.41, 5.74) is 0. The van der Waals surface area contributed by atoms with Gasteiger partial charge in [-0.1, -0.05) is 25.8 Å². The molecular formula is C24H30O4. The van der Waals surface area contributed by atoms with Gasteiger partial charge in [0.2, 0.25) is 0 Å². The van der Waals surface area contributed by atoms with Gasteiger partial charge in [-0.3, -0.25) is 0 Å². The van der Waals surface area contributed by atoms with Gasteiger partial charge in [-0.25, -0.2) is 0 Å². The molecule has 1 aliphatic rings. The molecule has 1 aliphatic carbocycles. The van der Waals surface area contributed by atoms with Crippen molar-refractivity contribution in [2.75, 3.05) is 14.2 Å². The van der Waals surface area contributed by atoms with Gasteiger partial charge in [-0.15, -0.1) is 0 Å². The molecule has 0 amide bonds. The van der Waals surface area contributed by atoms with E-state index < -0.39 is 0 Å². The van der Waals surface area contributed by atoms with Crippen molar-refractivity contribution in [3.05, 3.63) is 61.2 Å². The normalized spacial score (nSPS) is 16.6. The SMILES string of the molecule is C=C[C@H](Oc1ccc(OC)cc1)[C@H](Oc1ccc(OC)cc1)C1CCCCC1. The number of methoxy groups -OCH3 is 2. The van der Waals surface area contributed by atoms with Crippen LogP contribution in [-0.4, -0.2) is 26.4 Å². The highest BCUT2D eigenvalue weighted by molar-refractivity contribution is 5.33. The monoisotopic (exact) mass is 382 g/mol. The molecule has 0 spiro atoms. The molecule has 0 bridgehead atoms. The summed E-state index contributed by atoms with van der Waals surface area (Å²) >= 11 is 0. The van der Waals surface area contributed by atoms with E-state index >= 15 is 0 Å². The molecule has 3 rings (SSSR count). The van der Waals surface area contributed by atoms with E-state index in [1.807, 2.05) is 54.6 Å². The Hall–Kier alpha value is -2.62. The van der Waals surface area contributed by atoms with E-state index in [4.69, 9.17) is 18.9 Å². The molecule has 4 nitrogen and oxygen atoms in total. The van der Waals surface area contributed by atoms with Crippen molar-refractivity contribution < 1.29 is 18.9 Å². The van der Waals surface area contributed by atoms with E-state index in [1.54, 1.807) is 14.2 Å². The third-order valence-corrected chi connectivity index (χ3v) is 5.33. The number of benzene rings is 2. The van der Waals surface area contributed by atoms with E-state index in [-0.39, 0.29) is 12.2 Å². The van der Waals surface area contributed by atoms with Crippen LogP contribution in [-0.2, 0) is 0 Å². The average Bonchev–Trinajstić information content (AvgIpc) is 2.77. The fourth-order valence-electron chi connectivity index (χ4n) is 3.77. The summed E-state index contributed by atoms with van der Waals surface area (Å²) < 4.78 is 23.2. The third kappa shape index (κ3) is 5.22. The smallest absolute Gasteiger partial charge is 0.154 e. The van der Waals surface area contributed by atoms with E-state index in [1.165, 1.54) is 19.3 Å². The standard InChI is InChI=1S/C24H30O4/c1-4-23(27-21-14-10-19(25-2)11-15-21)24(18-8-6-5-7-9-18)28-22-16-12-20(26-3)13-17-22/h4,10-18,23-24H,1,5-9H2,2-3H3/t23-,24+/m0/s1. The van der Waals surface area contributed by atoms with Crippen LogP contribution in [0.15, 0.2) is 61.2 Å². The number of hydrogen-bond acceptors (Lipinski definition) is 4. The van der Waals surface area contributed by atoms with Crippen LogP contribution >= 0.6 is 0 Å². The molecule has 1 saturated carbocycles. The largest absolute Gasteiger partial charge is 0.497 e. The molecule has 1 fully saturated rings. The molecule has 2 aromatic carbocycles. The van der Waals surface area contributed by atoms with E-state index in [0.717, 1.165) is 35.8 Å². The first-order chi connectivity index (χ1) is 13.7. The minimum absolute atomic E-state index is 0.0895. The van der Waals surface area contributed by atoms with Crippen LogP contribution in [0.2, 0.25) is 0 Å². The van der Waals surface area contributed by atoms with E-state index in [0.29, 0.717) is 5.92 Å². The maximum atomic E-state index is 6.45. The van der Waals surface area contributed by atoms with Crippen molar-refractivity contribution in [1.82, 2.24) is 0 Å². The lowest BCUT2D eigenvalue weighted by Gasteiger charge is -2.35. The zero-order valence-corrected chi connectivity index (χ0v) is 16.8. The Bertz CT molecular complexity index is 717. The summed E-state index contributed by atoms with van der Waals surface area (Å²) in [5.74, 6) is 3.67. The van der Waals surface area contributed by atoms with Crippen LogP contribution in [0.5, 0.6) is 23.0 Å². The van der Waals surface area contributed by atoms with Gasteiger partial charge in [0.15, 0.2) is 6.10 Å². The maximum absolute atomic E-state index is 6.45. The van der Waals surface area contributed by atoms with Crippen LogP contribution in [0, 0.1) is 5.92 Å². The Morgan fingerprint density at radius 1 is 0.750 bits per heavy atom. The van der Waals surface area contributed by atoms with Gasteiger partial charge in [0, 0.05) is 0 Å². The molecule has 2 atom stereocenters. The van der Waals surface area contributed by atoms with Gasteiger partial charge >= 0.3 is 0 Å². The fraction of sp³-hybridized carbons (Fsp3) is 0.417. The minimum atomic E-state index is -0.237. The average molecular weight is 383 g/mol. The van der Waals surface area contributed by atoms with Gasteiger partial charge in [0.1, 0.15) is 29.1 Å². The molecule has 150 valence electrons. The summed E-state index contributed by atoms with van der Waals surface area (Å²) in [6.45, 7) is 4.03.